The molecular formula is C55H30O33. The van der Waals surface area contributed by atoms with E-state index in [9.17, 15) is 111 Å². The third kappa shape index (κ3) is 6.80. The van der Waals surface area contributed by atoms with Gasteiger partial charge in [-0.15, -0.1) is 0 Å². The molecule has 0 amide bonds. The Hall–Kier alpha value is -13.0. The van der Waals surface area contributed by atoms with Gasteiger partial charge in [0.2, 0.25) is 40.2 Å². The van der Waals surface area contributed by atoms with E-state index in [2.05, 4.69) is 0 Å². The van der Waals surface area contributed by atoms with Crippen molar-refractivity contribution in [3.05, 3.63) is 84.0 Å². The Kier molecular flexibility index (Phi) is 11.0. The Labute approximate surface area is 478 Å². The fourth-order valence-electron chi connectivity index (χ4n) is 11.7. The molecule has 7 heterocycles. The van der Waals surface area contributed by atoms with E-state index in [1.807, 2.05) is 0 Å². The summed E-state index contributed by atoms with van der Waals surface area (Å²) in [5.74, 6) is -43.7. The highest BCUT2D eigenvalue weighted by molar-refractivity contribution is 6.24. The standard InChI is InChI=1S/C55H30O33/c56-10-1-6-15(33(64)29(10)60)16-7(2-11(57)30(61)34(16)65)51(77)84-44-14(5-82-49(6)75)83-50(76)8-3-12(58)31(62)35(66)17(8)19-26-20(37(68)41(72)36(19)67)21-27-22(39(70)42(73)38(21)69)25(47(87-53(27)79)48(44)88-54(26)80)23-28-24-18-9(52(78)85-46(24)43(74)40(23)71)4-13(59)32(63)45(18)86-55(28)81/h1-4,14,25,44,47-48,56-74H,5H2/t14-,25-,44-,47+,48+/m1/s1. The topological polar surface area (TPSA) is 576 Å². The molecule has 33 heteroatoms. The third-order valence-corrected chi connectivity index (χ3v) is 15.5. The van der Waals surface area contributed by atoms with E-state index in [1.165, 1.54) is 0 Å². The van der Waals surface area contributed by atoms with Gasteiger partial charge in [-0.2, -0.15) is 0 Å². The predicted molar refractivity (Wildman–Crippen MR) is 277 cm³/mol. The number of esters is 5. The lowest BCUT2D eigenvalue weighted by Gasteiger charge is -2.43. The Morgan fingerprint density at radius 1 is 0.307 bits per heavy atom. The van der Waals surface area contributed by atoms with Crippen LogP contribution in [0.4, 0.5) is 0 Å². The van der Waals surface area contributed by atoms with Crippen LogP contribution in [0, 0.1) is 0 Å². The van der Waals surface area contributed by atoms with Gasteiger partial charge < -0.3 is 130 Å². The number of hydrogen-bond donors (Lipinski definition) is 19. The number of aromatic hydroxyl groups is 19. The van der Waals surface area contributed by atoms with Crippen molar-refractivity contribution in [3.8, 4) is 143 Å². The highest BCUT2D eigenvalue weighted by Gasteiger charge is 2.57. The molecule has 0 unspecified atom stereocenters. The second-order valence-corrected chi connectivity index (χ2v) is 20.0. The zero-order chi connectivity index (χ0) is 63.4. The van der Waals surface area contributed by atoms with Crippen LogP contribution in [0.1, 0.15) is 68.8 Å². The Morgan fingerprint density at radius 2 is 0.716 bits per heavy atom. The molecule has 0 radical (unpaired) electrons. The van der Waals surface area contributed by atoms with Gasteiger partial charge in [-0.05, 0) is 24.3 Å². The van der Waals surface area contributed by atoms with Gasteiger partial charge in [0.05, 0.1) is 44.5 Å². The quantitative estimate of drug-likeness (QED) is 0.0369. The van der Waals surface area contributed by atoms with Crippen LogP contribution in [0.25, 0.3) is 66.1 Å². The van der Waals surface area contributed by atoms with Crippen molar-refractivity contribution in [3.63, 3.8) is 0 Å². The van der Waals surface area contributed by atoms with Crippen LogP contribution in [0.15, 0.2) is 42.7 Å². The first kappa shape index (κ1) is 54.3. The smallest absolute Gasteiger partial charge is 0.344 e. The first-order valence-electron chi connectivity index (χ1n) is 24.6. The molecule has 0 spiro atoms. The van der Waals surface area contributed by atoms with Crippen molar-refractivity contribution in [1.29, 1.82) is 0 Å². The van der Waals surface area contributed by atoms with Crippen LogP contribution < -0.4 is 11.3 Å². The number of cyclic esters (lactones) is 1. The van der Waals surface area contributed by atoms with Crippen molar-refractivity contribution in [2.75, 3.05) is 6.61 Å². The number of fused-ring (bicyclic) bond motifs is 7. The van der Waals surface area contributed by atoms with Crippen LogP contribution in [-0.2, 0) is 23.7 Å². The Balaban J connectivity index is 1.24. The minimum absolute atomic E-state index is 0.244. The molecule has 0 aliphatic carbocycles. The second-order valence-electron chi connectivity index (χ2n) is 20.0. The molecule has 0 saturated carbocycles. The number of ether oxygens (including phenoxy) is 5. The lowest BCUT2D eigenvalue weighted by atomic mass is 9.73. The van der Waals surface area contributed by atoms with Crippen molar-refractivity contribution >= 4 is 62.6 Å². The zero-order valence-electron chi connectivity index (χ0n) is 42.6. The van der Waals surface area contributed by atoms with Crippen LogP contribution in [0.2, 0.25) is 0 Å². The van der Waals surface area contributed by atoms with Crippen LogP contribution in [0.3, 0.4) is 0 Å². The Bertz CT molecular complexity index is 4990. The number of carbonyl (C=O) groups excluding carboxylic acids is 5. The predicted octanol–water partition coefficient (Wildman–Crippen LogP) is 3.04. The molecule has 33 nitrogen and oxygen atoms in total. The molecule has 0 fully saturated rings. The van der Waals surface area contributed by atoms with Gasteiger partial charge in [0.25, 0.3) is 0 Å². The Morgan fingerprint density at radius 3 is 1.28 bits per heavy atom. The van der Waals surface area contributed by atoms with Gasteiger partial charge in [-0.25, -0.2) is 33.6 Å². The molecule has 5 atom stereocenters. The van der Waals surface area contributed by atoms with Crippen molar-refractivity contribution in [2.45, 2.75) is 30.3 Å². The maximum absolute atomic E-state index is 15.9. The number of phenols is 19. The molecule has 9 aromatic rings. The fraction of sp³-hybridized carbons (Fsp3) is 0.109. The van der Waals surface area contributed by atoms with Crippen molar-refractivity contribution in [1.82, 2.24) is 0 Å². The summed E-state index contributed by atoms with van der Waals surface area (Å²) in [6, 6.07) is 1.42. The average Bonchev–Trinajstić information content (AvgIpc) is 0.797. The minimum Gasteiger partial charge on any atom is -0.504 e. The number of hydrogen-bond acceptors (Lipinski definition) is 33. The van der Waals surface area contributed by atoms with Crippen LogP contribution >= 0.6 is 0 Å². The maximum Gasteiger partial charge on any atom is 0.344 e. The third-order valence-electron chi connectivity index (χ3n) is 15.5. The molecule has 5 aliphatic heterocycles. The average molecular weight is 1220 g/mol. The minimum atomic E-state index is -3.18. The molecule has 14 rings (SSSR count). The summed E-state index contributed by atoms with van der Waals surface area (Å²) >= 11 is 0. The van der Waals surface area contributed by atoms with E-state index in [0.717, 1.165) is 0 Å². The normalized spacial score (nSPS) is 18.7. The maximum atomic E-state index is 15.9. The van der Waals surface area contributed by atoms with Gasteiger partial charge in [0, 0.05) is 55.3 Å². The van der Waals surface area contributed by atoms with Gasteiger partial charge >= 0.3 is 41.1 Å². The van der Waals surface area contributed by atoms with E-state index in [1.54, 1.807) is 0 Å². The molecule has 448 valence electrons. The van der Waals surface area contributed by atoms with E-state index >= 15 is 19.2 Å². The fourth-order valence-corrected chi connectivity index (χ4v) is 11.7. The lowest BCUT2D eigenvalue weighted by Crippen LogP contribution is -2.56. The van der Waals surface area contributed by atoms with Gasteiger partial charge in [0.15, 0.2) is 105 Å². The van der Waals surface area contributed by atoms with Gasteiger partial charge in [-0.1, -0.05) is 0 Å². The molecule has 6 bridgehead atoms. The van der Waals surface area contributed by atoms with E-state index in [0.29, 0.717) is 12.1 Å². The largest absolute Gasteiger partial charge is 0.504 e. The summed E-state index contributed by atoms with van der Waals surface area (Å²) in [6.07, 6.45) is -12.2. The number of benzene rings is 7. The second kappa shape index (κ2) is 17.8. The SMILES string of the molecule is O=C1OC[C@H]2OC(=O)c3cc(O)c(O)c(O)c3-c3c(O)c(O)c(O)c4c3C(=O)O[C@H]([C@H]3OC(=O)c5c-4c(O)c(O)c(O)c5[C@@H]3c3c(O)c(O)c4oc(=O)c5cc(O)c(O)c6oc(=O)c3c4c65)[C@@H]2OC(=O)c2cc(O)c(O)c(O)c2-c2c1cc(O)c(O)c2O. The molecular weight excluding hydrogens is 1190 g/mol. The molecule has 19 N–H and O–H groups in total. The highest BCUT2D eigenvalue weighted by Crippen LogP contribution is 2.64. The molecule has 88 heavy (non-hydrogen) atoms. The van der Waals surface area contributed by atoms with Crippen molar-refractivity contribution in [2.24, 2.45) is 0 Å². The molecule has 2 aromatic heterocycles. The first-order chi connectivity index (χ1) is 41.5. The number of phenolic OH excluding ortho intramolecular Hbond substituents is 19. The lowest BCUT2D eigenvalue weighted by molar-refractivity contribution is -0.135. The van der Waals surface area contributed by atoms with E-state index < -0.39 is 292 Å². The van der Waals surface area contributed by atoms with Crippen LogP contribution in [-0.4, -0.2) is 158 Å². The van der Waals surface area contributed by atoms with Crippen LogP contribution in [0.5, 0.6) is 109 Å². The highest BCUT2D eigenvalue weighted by atomic mass is 16.6. The summed E-state index contributed by atoms with van der Waals surface area (Å²) < 4.78 is 40.0. The molecule has 0 saturated heterocycles. The zero-order valence-corrected chi connectivity index (χ0v) is 42.6. The molecule has 7 aromatic carbocycles. The molecule has 5 aliphatic rings. The van der Waals surface area contributed by atoms with E-state index in [-0.39, 0.29) is 12.1 Å². The number of rotatable bonds is 1. The van der Waals surface area contributed by atoms with Gasteiger partial charge in [0.1, 0.15) is 6.61 Å². The van der Waals surface area contributed by atoms with E-state index in [4.69, 9.17) is 32.5 Å². The summed E-state index contributed by atoms with van der Waals surface area (Å²) in [7, 11) is 0. The van der Waals surface area contributed by atoms with Gasteiger partial charge in [-0.3, -0.25) is 0 Å². The summed E-state index contributed by atoms with van der Waals surface area (Å²) in [5, 5.41) is 214. The summed E-state index contributed by atoms with van der Waals surface area (Å²) in [5.41, 5.74) is -23.7. The summed E-state index contributed by atoms with van der Waals surface area (Å²) in [6.45, 7) is -1.72. The number of carbonyl (C=O) groups is 5. The first-order valence-corrected chi connectivity index (χ1v) is 24.6. The monoisotopic (exact) mass is 1220 g/mol. The van der Waals surface area contributed by atoms with Crippen molar-refractivity contribution < 1.29 is 154 Å². The summed E-state index contributed by atoms with van der Waals surface area (Å²) in [4.78, 5) is 105.